The maximum Gasteiger partial charge on any atom is 0.419 e. The fraction of sp³-hybridized carbons (Fsp3) is 0.182. The van der Waals surface area contributed by atoms with E-state index in [2.05, 4.69) is 10.3 Å². The molecule has 8 heteroatoms. The predicted molar refractivity (Wildman–Crippen MR) is 106 cm³/mol. The van der Waals surface area contributed by atoms with Crippen LogP contribution >= 0.6 is 0 Å². The first-order valence-electron chi connectivity index (χ1n) is 8.99. The molecule has 1 amide bonds. The lowest BCUT2D eigenvalue weighted by molar-refractivity contribution is -0.138. The van der Waals surface area contributed by atoms with E-state index in [1.165, 1.54) is 30.3 Å². The third-order valence-electron chi connectivity index (χ3n) is 4.19. The van der Waals surface area contributed by atoms with E-state index in [1.54, 1.807) is 38.3 Å². The number of carbonyl (C=O) groups is 1. The van der Waals surface area contributed by atoms with Crippen LogP contribution < -0.4 is 10.1 Å². The summed E-state index contributed by atoms with van der Waals surface area (Å²) in [6, 6.07) is 14.4. The van der Waals surface area contributed by atoms with Gasteiger partial charge >= 0.3 is 6.18 Å². The number of benzene rings is 2. The highest BCUT2D eigenvalue weighted by Gasteiger charge is 2.34. The summed E-state index contributed by atoms with van der Waals surface area (Å²) in [7, 11) is 1.56. The minimum absolute atomic E-state index is 0.162. The molecule has 0 aliphatic rings. The van der Waals surface area contributed by atoms with Crippen LogP contribution in [0.1, 0.15) is 27.3 Å². The SMILES string of the molecule is COCc1ccc(C(=O)Nc2cccc(Oc3ccccc3C(F)(F)F)c2)c(C)n1. The van der Waals surface area contributed by atoms with Gasteiger partial charge < -0.3 is 14.8 Å². The Labute approximate surface area is 171 Å². The molecule has 3 aromatic rings. The van der Waals surface area contributed by atoms with Gasteiger partial charge in [0.15, 0.2) is 0 Å². The molecule has 0 aliphatic heterocycles. The Kier molecular flexibility index (Phi) is 6.37. The van der Waals surface area contributed by atoms with Crippen molar-refractivity contribution >= 4 is 11.6 Å². The first kappa shape index (κ1) is 21.3. The fourth-order valence-electron chi connectivity index (χ4n) is 2.83. The van der Waals surface area contributed by atoms with Gasteiger partial charge in [-0.25, -0.2) is 0 Å². The van der Waals surface area contributed by atoms with Crippen molar-refractivity contribution in [1.29, 1.82) is 0 Å². The lowest BCUT2D eigenvalue weighted by Gasteiger charge is -2.14. The first-order valence-corrected chi connectivity index (χ1v) is 8.99. The van der Waals surface area contributed by atoms with E-state index in [-0.39, 0.29) is 11.5 Å². The molecule has 0 saturated carbocycles. The van der Waals surface area contributed by atoms with E-state index in [0.29, 0.717) is 29.2 Å². The number of para-hydroxylation sites is 1. The Morgan fingerprint density at radius 3 is 2.53 bits per heavy atom. The minimum Gasteiger partial charge on any atom is -0.457 e. The van der Waals surface area contributed by atoms with Crippen LogP contribution in [0, 0.1) is 6.92 Å². The van der Waals surface area contributed by atoms with Gasteiger partial charge in [-0.3, -0.25) is 9.78 Å². The number of ether oxygens (including phenoxy) is 2. The lowest BCUT2D eigenvalue weighted by atomic mass is 10.1. The van der Waals surface area contributed by atoms with Crippen molar-refractivity contribution in [2.45, 2.75) is 19.7 Å². The number of pyridine rings is 1. The van der Waals surface area contributed by atoms with Crippen molar-refractivity contribution in [3.8, 4) is 11.5 Å². The van der Waals surface area contributed by atoms with Crippen molar-refractivity contribution < 1.29 is 27.4 Å². The van der Waals surface area contributed by atoms with Crippen LogP contribution in [0.25, 0.3) is 0 Å². The molecule has 1 heterocycles. The largest absolute Gasteiger partial charge is 0.457 e. The molecular weight excluding hydrogens is 397 g/mol. The van der Waals surface area contributed by atoms with Crippen LogP contribution in [0.4, 0.5) is 18.9 Å². The van der Waals surface area contributed by atoms with Crippen molar-refractivity contribution in [1.82, 2.24) is 4.98 Å². The van der Waals surface area contributed by atoms with Gasteiger partial charge in [0.05, 0.1) is 29.1 Å². The minimum atomic E-state index is -4.54. The molecule has 0 atom stereocenters. The summed E-state index contributed by atoms with van der Waals surface area (Å²) in [5, 5.41) is 2.71. The second-order valence-electron chi connectivity index (χ2n) is 6.45. The highest BCUT2D eigenvalue weighted by atomic mass is 19.4. The molecule has 1 N–H and O–H groups in total. The zero-order valence-corrected chi connectivity index (χ0v) is 16.3. The van der Waals surface area contributed by atoms with Gasteiger partial charge in [0.1, 0.15) is 11.5 Å². The molecule has 2 aromatic carbocycles. The summed E-state index contributed by atoms with van der Waals surface area (Å²) < 4.78 is 49.9. The summed E-state index contributed by atoms with van der Waals surface area (Å²) in [5.41, 5.74) is 1.11. The summed E-state index contributed by atoms with van der Waals surface area (Å²) >= 11 is 0. The summed E-state index contributed by atoms with van der Waals surface area (Å²) in [5.74, 6) is -0.547. The highest BCUT2D eigenvalue weighted by molar-refractivity contribution is 6.05. The maximum absolute atomic E-state index is 13.2. The van der Waals surface area contributed by atoms with Crippen molar-refractivity contribution in [2.24, 2.45) is 0 Å². The molecule has 30 heavy (non-hydrogen) atoms. The van der Waals surface area contributed by atoms with E-state index in [1.807, 2.05) is 0 Å². The number of methoxy groups -OCH3 is 1. The van der Waals surface area contributed by atoms with Gasteiger partial charge in [0.2, 0.25) is 0 Å². The van der Waals surface area contributed by atoms with Crippen LogP contribution in [-0.2, 0) is 17.5 Å². The smallest absolute Gasteiger partial charge is 0.419 e. The summed E-state index contributed by atoms with van der Waals surface area (Å²) in [6.07, 6.45) is -4.54. The molecule has 0 unspecified atom stereocenters. The predicted octanol–water partition coefficient (Wildman–Crippen LogP) is 5.60. The Hall–Kier alpha value is -3.39. The molecule has 0 bridgehead atoms. The van der Waals surface area contributed by atoms with Gasteiger partial charge in [-0.2, -0.15) is 13.2 Å². The highest BCUT2D eigenvalue weighted by Crippen LogP contribution is 2.38. The number of aromatic nitrogens is 1. The van der Waals surface area contributed by atoms with Crippen LogP contribution in [0.15, 0.2) is 60.7 Å². The van der Waals surface area contributed by atoms with Crippen LogP contribution in [-0.4, -0.2) is 18.0 Å². The zero-order chi connectivity index (χ0) is 21.7. The average molecular weight is 416 g/mol. The van der Waals surface area contributed by atoms with Gasteiger partial charge in [-0.1, -0.05) is 18.2 Å². The normalized spacial score (nSPS) is 11.2. The second kappa shape index (κ2) is 8.96. The lowest BCUT2D eigenvalue weighted by Crippen LogP contribution is -2.14. The molecule has 5 nitrogen and oxygen atoms in total. The molecular formula is C22H19F3N2O3. The monoisotopic (exact) mass is 416 g/mol. The standard InChI is InChI=1S/C22H19F3N2O3/c1-14-18(11-10-16(26-14)13-29-2)21(28)27-15-6-5-7-17(12-15)30-20-9-4-3-8-19(20)22(23,24)25/h3-12H,13H2,1-2H3,(H,27,28). The quantitative estimate of drug-likeness (QED) is 0.568. The maximum atomic E-state index is 13.2. The van der Waals surface area contributed by atoms with Crippen molar-refractivity contribution in [2.75, 3.05) is 12.4 Å². The number of aryl methyl sites for hydroxylation is 1. The van der Waals surface area contributed by atoms with E-state index >= 15 is 0 Å². The molecule has 0 spiro atoms. The molecule has 0 radical (unpaired) electrons. The molecule has 1 aromatic heterocycles. The van der Waals surface area contributed by atoms with Crippen molar-refractivity contribution in [3.63, 3.8) is 0 Å². The van der Waals surface area contributed by atoms with Crippen LogP contribution in [0.3, 0.4) is 0 Å². The van der Waals surface area contributed by atoms with Crippen LogP contribution in [0.2, 0.25) is 0 Å². The summed E-state index contributed by atoms with van der Waals surface area (Å²) in [4.78, 5) is 16.9. The number of carbonyl (C=O) groups excluding carboxylic acids is 1. The Bertz CT molecular complexity index is 1050. The molecule has 0 saturated heterocycles. The third kappa shape index (κ3) is 5.15. The number of nitrogens with one attached hydrogen (secondary N) is 1. The van der Waals surface area contributed by atoms with E-state index < -0.39 is 17.6 Å². The van der Waals surface area contributed by atoms with Crippen molar-refractivity contribution in [3.05, 3.63) is 83.2 Å². The zero-order valence-electron chi connectivity index (χ0n) is 16.3. The number of hydrogen-bond acceptors (Lipinski definition) is 4. The number of halogens is 3. The van der Waals surface area contributed by atoms with Gasteiger partial charge in [-0.05, 0) is 43.3 Å². The van der Waals surface area contributed by atoms with Gasteiger partial charge in [0, 0.05) is 18.9 Å². The van der Waals surface area contributed by atoms with Crippen LogP contribution in [0.5, 0.6) is 11.5 Å². The fourth-order valence-corrected chi connectivity index (χ4v) is 2.83. The first-order chi connectivity index (χ1) is 14.3. The van der Waals surface area contributed by atoms with E-state index in [0.717, 1.165) is 6.07 Å². The number of anilines is 1. The summed E-state index contributed by atoms with van der Waals surface area (Å²) in [6.45, 7) is 2.04. The topological polar surface area (TPSA) is 60.5 Å². The number of rotatable bonds is 6. The Morgan fingerprint density at radius 2 is 1.83 bits per heavy atom. The number of alkyl halides is 3. The van der Waals surface area contributed by atoms with E-state index in [9.17, 15) is 18.0 Å². The number of amides is 1. The second-order valence-corrected chi connectivity index (χ2v) is 6.45. The molecule has 0 aliphatic carbocycles. The average Bonchev–Trinajstić information content (AvgIpc) is 2.68. The molecule has 156 valence electrons. The Balaban J connectivity index is 1.78. The van der Waals surface area contributed by atoms with Gasteiger partial charge in [-0.15, -0.1) is 0 Å². The van der Waals surface area contributed by atoms with Gasteiger partial charge in [0.25, 0.3) is 5.91 Å². The number of nitrogens with zero attached hydrogens (tertiary/aromatic N) is 1. The number of hydrogen-bond donors (Lipinski definition) is 1. The Morgan fingerprint density at radius 1 is 1.07 bits per heavy atom. The molecule has 0 fully saturated rings. The third-order valence-corrected chi connectivity index (χ3v) is 4.19. The van der Waals surface area contributed by atoms with E-state index in [4.69, 9.17) is 9.47 Å². The molecule has 3 rings (SSSR count).